The summed E-state index contributed by atoms with van der Waals surface area (Å²) >= 11 is 0. The average molecular weight is 314 g/mol. The van der Waals surface area contributed by atoms with Gasteiger partial charge in [-0.2, -0.15) is 0 Å². The van der Waals surface area contributed by atoms with Gasteiger partial charge in [-0.25, -0.2) is 0 Å². The second-order valence-electron chi connectivity index (χ2n) is 5.72. The summed E-state index contributed by atoms with van der Waals surface area (Å²) in [6.45, 7) is 1.89. The average Bonchev–Trinajstić information content (AvgIpc) is 2.56. The molecule has 0 amide bonds. The van der Waals surface area contributed by atoms with E-state index in [0.717, 1.165) is 48.7 Å². The molecule has 2 aromatic carbocycles. The molecule has 2 rings (SSSR count). The maximum atomic E-state index is 9.24. The van der Waals surface area contributed by atoms with E-state index >= 15 is 0 Å². The Morgan fingerprint density at radius 3 is 1.83 bits per heavy atom. The third-order valence-corrected chi connectivity index (χ3v) is 3.84. The van der Waals surface area contributed by atoms with Crippen molar-refractivity contribution < 1.29 is 5.11 Å². The van der Waals surface area contributed by atoms with Crippen molar-refractivity contribution in [2.24, 2.45) is 5.92 Å². The van der Waals surface area contributed by atoms with Gasteiger partial charge in [-0.3, -0.25) is 0 Å². The zero-order valence-corrected chi connectivity index (χ0v) is 13.3. The Morgan fingerprint density at radius 2 is 1.30 bits per heavy atom. The molecule has 0 saturated carbocycles. The van der Waals surface area contributed by atoms with Gasteiger partial charge in [-0.15, -0.1) is 0 Å². The van der Waals surface area contributed by atoms with Gasteiger partial charge < -0.3 is 27.2 Å². The van der Waals surface area contributed by atoms with Crippen LogP contribution in [0.2, 0.25) is 0 Å². The quantitative estimate of drug-likeness (QED) is 0.459. The smallest absolute Gasteiger partial charge is 0.0434 e. The van der Waals surface area contributed by atoms with Gasteiger partial charge in [0.25, 0.3) is 0 Å². The molecule has 0 saturated heterocycles. The van der Waals surface area contributed by atoms with Crippen LogP contribution < -0.4 is 22.1 Å². The standard InChI is InChI=1S/C18H26N4O/c19-15-1-5-17(6-2-15)21-11-9-14(10-12-23)13-22-18-7-3-16(20)4-8-18/h1-8,14,21-23H,9-13,19-20H2. The molecule has 1 atom stereocenters. The molecule has 0 aliphatic carbocycles. The predicted molar refractivity (Wildman–Crippen MR) is 98.5 cm³/mol. The molecule has 0 aliphatic rings. The van der Waals surface area contributed by atoms with Crippen LogP contribution in [0.25, 0.3) is 0 Å². The Bertz CT molecular complexity index is 569. The third kappa shape index (κ3) is 6.08. The molecule has 2 aromatic rings. The molecule has 0 fully saturated rings. The number of rotatable bonds is 9. The Hall–Kier alpha value is -2.40. The minimum atomic E-state index is 0.204. The summed E-state index contributed by atoms with van der Waals surface area (Å²) in [4.78, 5) is 0. The summed E-state index contributed by atoms with van der Waals surface area (Å²) in [7, 11) is 0. The minimum absolute atomic E-state index is 0.204. The summed E-state index contributed by atoms with van der Waals surface area (Å²) in [6.07, 6.45) is 1.76. The van der Waals surface area contributed by atoms with Crippen molar-refractivity contribution in [2.75, 3.05) is 41.8 Å². The van der Waals surface area contributed by atoms with E-state index in [-0.39, 0.29) is 6.61 Å². The number of hydrogen-bond donors (Lipinski definition) is 5. The van der Waals surface area contributed by atoms with E-state index in [9.17, 15) is 5.11 Å². The van der Waals surface area contributed by atoms with E-state index in [1.807, 2.05) is 48.5 Å². The number of hydrogen-bond acceptors (Lipinski definition) is 5. The lowest BCUT2D eigenvalue weighted by Gasteiger charge is -2.18. The van der Waals surface area contributed by atoms with Crippen molar-refractivity contribution in [2.45, 2.75) is 12.8 Å². The number of aliphatic hydroxyl groups excluding tert-OH is 1. The van der Waals surface area contributed by atoms with Crippen molar-refractivity contribution in [3.8, 4) is 0 Å². The van der Waals surface area contributed by atoms with Crippen LogP contribution >= 0.6 is 0 Å². The Kier molecular flexibility index (Phi) is 6.56. The summed E-state index contributed by atoms with van der Waals surface area (Å²) < 4.78 is 0. The van der Waals surface area contributed by atoms with Crippen LogP contribution in [-0.4, -0.2) is 24.8 Å². The Morgan fingerprint density at radius 1 is 0.783 bits per heavy atom. The number of nitrogens with one attached hydrogen (secondary N) is 2. The van der Waals surface area contributed by atoms with Crippen molar-refractivity contribution >= 4 is 22.7 Å². The highest BCUT2D eigenvalue weighted by Crippen LogP contribution is 2.15. The van der Waals surface area contributed by atoms with Crippen LogP contribution in [0, 0.1) is 5.92 Å². The van der Waals surface area contributed by atoms with E-state index < -0.39 is 0 Å². The Labute approximate surface area is 137 Å². The highest BCUT2D eigenvalue weighted by molar-refractivity contribution is 5.52. The third-order valence-electron chi connectivity index (χ3n) is 3.84. The van der Waals surface area contributed by atoms with Crippen LogP contribution in [0.3, 0.4) is 0 Å². The van der Waals surface area contributed by atoms with Crippen molar-refractivity contribution in [1.82, 2.24) is 0 Å². The zero-order chi connectivity index (χ0) is 16.5. The number of nitrogen functional groups attached to an aromatic ring is 2. The fourth-order valence-corrected chi connectivity index (χ4v) is 2.42. The Balaban J connectivity index is 1.76. The zero-order valence-electron chi connectivity index (χ0n) is 13.3. The summed E-state index contributed by atoms with van der Waals surface area (Å²) in [5.41, 5.74) is 15.0. The van der Waals surface area contributed by atoms with Gasteiger partial charge in [0.1, 0.15) is 0 Å². The monoisotopic (exact) mass is 314 g/mol. The number of anilines is 4. The van der Waals surface area contributed by atoms with Crippen LogP contribution in [0.4, 0.5) is 22.7 Å². The van der Waals surface area contributed by atoms with Crippen molar-refractivity contribution in [3.63, 3.8) is 0 Å². The van der Waals surface area contributed by atoms with Crippen molar-refractivity contribution in [3.05, 3.63) is 48.5 Å². The first kappa shape index (κ1) is 17.0. The molecular weight excluding hydrogens is 288 g/mol. The lowest BCUT2D eigenvalue weighted by Crippen LogP contribution is -2.19. The molecule has 23 heavy (non-hydrogen) atoms. The van der Waals surface area contributed by atoms with E-state index in [1.54, 1.807) is 0 Å². The van der Waals surface area contributed by atoms with Gasteiger partial charge in [0, 0.05) is 42.4 Å². The maximum Gasteiger partial charge on any atom is 0.0434 e. The molecule has 0 aliphatic heterocycles. The van der Waals surface area contributed by atoms with Crippen LogP contribution in [0.1, 0.15) is 12.8 Å². The first-order valence-corrected chi connectivity index (χ1v) is 7.97. The molecule has 7 N–H and O–H groups in total. The number of nitrogens with two attached hydrogens (primary N) is 2. The second-order valence-corrected chi connectivity index (χ2v) is 5.72. The summed E-state index contributed by atoms with van der Waals surface area (Å²) in [5, 5.41) is 16.0. The van der Waals surface area contributed by atoms with E-state index in [2.05, 4.69) is 10.6 Å². The molecule has 5 heteroatoms. The van der Waals surface area contributed by atoms with Crippen LogP contribution in [0.15, 0.2) is 48.5 Å². The first-order valence-electron chi connectivity index (χ1n) is 7.97. The molecule has 0 radical (unpaired) electrons. The van der Waals surface area contributed by atoms with Gasteiger partial charge in [-0.05, 0) is 67.3 Å². The highest BCUT2D eigenvalue weighted by atomic mass is 16.3. The normalized spacial score (nSPS) is 11.9. The summed E-state index contributed by atoms with van der Waals surface area (Å²) in [6, 6.07) is 15.4. The maximum absolute atomic E-state index is 9.24. The largest absolute Gasteiger partial charge is 0.399 e. The predicted octanol–water partition coefficient (Wildman–Crippen LogP) is 2.76. The molecule has 0 aromatic heterocycles. The molecule has 124 valence electrons. The molecule has 5 nitrogen and oxygen atoms in total. The minimum Gasteiger partial charge on any atom is -0.399 e. The fraction of sp³-hybridized carbons (Fsp3) is 0.333. The highest BCUT2D eigenvalue weighted by Gasteiger charge is 2.08. The van der Waals surface area contributed by atoms with E-state index in [1.165, 1.54) is 0 Å². The molecule has 0 bridgehead atoms. The van der Waals surface area contributed by atoms with Crippen molar-refractivity contribution in [1.29, 1.82) is 0 Å². The van der Waals surface area contributed by atoms with Gasteiger partial charge in [-0.1, -0.05) is 0 Å². The van der Waals surface area contributed by atoms with Gasteiger partial charge in [0.05, 0.1) is 0 Å². The topological polar surface area (TPSA) is 96.3 Å². The molecule has 0 heterocycles. The van der Waals surface area contributed by atoms with Gasteiger partial charge in [0.15, 0.2) is 0 Å². The molecular formula is C18H26N4O. The second kappa shape index (κ2) is 8.90. The van der Waals surface area contributed by atoms with E-state index in [4.69, 9.17) is 11.5 Å². The van der Waals surface area contributed by atoms with E-state index in [0.29, 0.717) is 5.92 Å². The first-order chi connectivity index (χ1) is 11.2. The SMILES string of the molecule is Nc1ccc(NCCC(CCO)CNc2ccc(N)cc2)cc1. The van der Waals surface area contributed by atoms with Gasteiger partial charge in [0.2, 0.25) is 0 Å². The summed E-state index contributed by atoms with van der Waals surface area (Å²) in [5.74, 6) is 0.402. The fourth-order valence-electron chi connectivity index (χ4n) is 2.42. The lowest BCUT2D eigenvalue weighted by molar-refractivity contribution is 0.257. The van der Waals surface area contributed by atoms with Crippen LogP contribution in [-0.2, 0) is 0 Å². The molecule has 0 spiro atoms. The lowest BCUT2D eigenvalue weighted by atomic mass is 10.0. The molecule has 1 unspecified atom stereocenters. The van der Waals surface area contributed by atoms with Crippen LogP contribution in [0.5, 0.6) is 0 Å². The van der Waals surface area contributed by atoms with Gasteiger partial charge >= 0.3 is 0 Å². The number of benzene rings is 2. The number of aliphatic hydroxyl groups is 1.